The van der Waals surface area contributed by atoms with Gasteiger partial charge in [0.05, 0.1) is 11.9 Å². The predicted molar refractivity (Wildman–Crippen MR) is 74.5 cm³/mol. The molecule has 0 aliphatic rings. The van der Waals surface area contributed by atoms with Crippen LogP contribution in [-0.2, 0) is 12.8 Å². The summed E-state index contributed by atoms with van der Waals surface area (Å²) in [7, 11) is 0. The number of aryl methyl sites for hydroxylation is 2. The second kappa shape index (κ2) is 6.05. The Hall–Kier alpha value is -2.03. The van der Waals surface area contributed by atoms with Gasteiger partial charge >= 0.3 is 0 Å². The summed E-state index contributed by atoms with van der Waals surface area (Å²) < 4.78 is 0. The zero-order chi connectivity index (χ0) is 12.8. The van der Waals surface area contributed by atoms with E-state index < -0.39 is 0 Å². The zero-order valence-electron chi connectivity index (χ0n) is 10.8. The molecule has 0 aliphatic heterocycles. The molecule has 0 spiro atoms. The summed E-state index contributed by atoms with van der Waals surface area (Å²) in [5.74, 6) is 0.644. The number of aromatic nitrogens is 2. The van der Waals surface area contributed by atoms with Gasteiger partial charge in [-0.05, 0) is 30.0 Å². The molecular weight excluding hydrogens is 222 g/mol. The molecule has 0 bridgehead atoms. The van der Waals surface area contributed by atoms with E-state index >= 15 is 0 Å². The molecule has 1 aromatic heterocycles. The molecule has 0 saturated carbocycles. The third-order valence-corrected chi connectivity index (χ3v) is 2.86. The number of hydrogen-bond acceptors (Lipinski definition) is 3. The maximum atomic E-state index is 4.57. The molecule has 92 valence electrons. The third-order valence-electron chi connectivity index (χ3n) is 2.86. The minimum Gasteiger partial charge on any atom is -0.252 e. The van der Waals surface area contributed by atoms with Gasteiger partial charge in [0.25, 0.3) is 0 Å². The summed E-state index contributed by atoms with van der Waals surface area (Å²) in [6.45, 7) is 4.29. The second-order valence-corrected chi connectivity index (χ2v) is 4.00. The van der Waals surface area contributed by atoms with Crippen LogP contribution in [0.5, 0.6) is 0 Å². The maximum Gasteiger partial charge on any atom is 0.170 e. The average molecular weight is 239 g/mol. The van der Waals surface area contributed by atoms with E-state index in [1.165, 1.54) is 11.1 Å². The van der Waals surface area contributed by atoms with Gasteiger partial charge in [-0.1, -0.05) is 32.0 Å². The first kappa shape index (κ1) is 12.4. The van der Waals surface area contributed by atoms with E-state index in [9.17, 15) is 0 Å². The normalized spacial score (nSPS) is 11.0. The highest BCUT2D eigenvalue weighted by Crippen LogP contribution is 2.25. The van der Waals surface area contributed by atoms with Crippen LogP contribution in [0.15, 0.2) is 41.7 Å². The largest absolute Gasteiger partial charge is 0.252 e. The molecule has 0 aliphatic carbocycles. The Morgan fingerprint density at radius 2 is 1.61 bits per heavy atom. The lowest BCUT2D eigenvalue weighted by Gasteiger charge is -2.07. The predicted octanol–water partition coefficient (Wildman–Crippen LogP) is 3.35. The Bertz CT molecular complexity index is 510. The molecule has 0 saturated heterocycles. The molecule has 18 heavy (non-hydrogen) atoms. The molecule has 2 rings (SSSR count). The number of nitrogens with zero attached hydrogens (tertiary/aromatic N) is 3. The van der Waals surface area contributed by atoms with Gasteiger partial charge in [0, 0.05) is 12.4 Å². The third kappa shape index (κ3) is 2.80. The van der Waals surface area contributed by atoms with Gasteiger partial charge in [-0.3, -0.25) is 4.99 Å². The van der Waals surface area contributed by atoms with Crippen molar-refractivity contribution in [3.05, 3.63) is 53.6 Å². The van der Waals surface area contributed by atoms with Crippen LogP contribution in [0.25, 0.3) is 0 Å². The summed E-state index contributed by atoms with van der Waals surface area (Å²) in [5.41, 5.74) is 3.60. The van der Waals surface area contributed by atoms with Gasteiger partial charge in [-0.15, -0.1) is 0 Å². The topological polar surface area (TPSA) is 38.1 Å². The van der Waals surface area contributed by atoms with Crippen molar-refractivity contribution in [2.75, 3.05) is 0 Å². The lowest BCUT2D eigenvalue weighted by Crippen LogP contribution is -1.92. The number of benzene rings is 1. The molecule has 0 N–H and O–H groups in total. The van der Waals surface area contributed by atoms with Crippen molar-refractivity contribution < 1.29 is 0 Å². The van der Waals surface area contributed by atoms with E-state index in [0.717, 1.165) is 18.5 Å². The molecule has 3 nitrogen and oxygen atoms in total. The number of hydrogen-bond donors (Lipinski definition) is 0. The van der Waals surface area contributed by atoms with Gasteiger partial charge in [-0.2, -0.15) is 0 Å². The van der Waals surface area contributed by atoms with Crippen LogP contribution < -0.4 is 0 Å². The molecule has 0 unspecified atom stereocenters. The Morgan fingerprint density at radius 3 is 2.17 bits per heavy atom. The number of rotatable bonds is 4. The van der Waals surface area contributed by atoms with Crippen LogP contribution in [-0.4, -0.2) is 16.2 Å². The highest BCUT2D eigenvalue weighted by molar-refractivity contribution is 5.78. The molecule has 1 heterocycles. The van der Waals surface area contributed by atoms with Crippen molar-refractivity contribution in [2.24, 2.45) is 4.99 Å². The van der Waals surface area contributed by atoms with Crippen LogP contribution in [0.3, 0.4) is 0 Å². The van der Waals surface area contributed by atoms with E-state index in [4.69, 9.17) is 0 Å². The summed E-state index contributed by atoms with van der Waals surface area (Å²) in [5, 5.41) is 0. The zero-order valence-corrected chi connectivity index (χ0v) is 10.8. The SMILES string of the molecule is CCc1cccc(CC)c1N=Cc1ncccn1. The lowest BCUT2D eigenvalue weighted by molar-refractivity contribution is 1.08. The maximum absolute atomic E-state index is 4.57. The van der Waals surface area contributed by atoms with Gasteiger partial charge in [0.2, 0.25) is 0 Å². The van der Waals surface area contributed by atoms with E-state index in [0.29, 0.717) is 5.82 Å². The molecular formula is C15H17N3. The Labute approximate surface area is 108 Å². The summed E-state index contributed by atoms with van der Waals surface area (Å²) in [6, 6.07) is 8.14. The van der Waals surface area contributed by atoms with Gasteiger partial charge < -0.3 is 0 Å². The second-order valence-electron chi connectivity index (χ2n) is 4.00. The van der Waals surface area contributed by atoms with Crippen molar-refractivity contribution in [1.82, 2.24) is 9.97 Å². The van der Waals surface area contributed by atoms with Crippen molar-refractivity contribution in [3.63, 3.8) is 0 Å². The lowest BCUT2D eigenvalue weighted by atomic mass is 10.0. The summed E-state index contributed by atoms with van der Waals surface area (Å²) >= 11 is 0. The van der Waals surface area contributed by atoms with Crippen molar-refractivity contribution in [2.45, 2.75) is 26.7 Å². The quantitative estimate of drug-likeness (QED) is 0.767. The minimum atomic E-state index is 0.644. The van der Waals surface area contributed by atoms with Crippen molar-refractivity contribution >= 4 is 11.9 Å². The molecule has 0 atom stereocenters. The molecule has 3 heteroatoms. The Kier molecular flexibility index (Phi) is 4.18. The van der Waals surface area contributed by atoms with Crippen molar-refractivity contribution in [3.8, 4) is 0 Å². The van der Waals surface area contributed by atoms with Crippen LogP contribution >= 0.6 is 0 Å². The van der Waals surface area contributed by atoms with Gasteiger partial charge in [0.1, 0.15) is 0 Å². The van der Waals surface area contributed by atoms with Crippen molar-refractivity contribution in [1.29, 1.82) is 0 Å². The van der Waals surface area contributed by atoms with Crippen LogP contribution in [0.2, 0.25) is 0 Å². The van der Waals surface area contributed by atoms with Crippen LogP contribution in [0.1, 0.15) is 30.8 Å². The first-order valence-electron chi connectivity index (χ1n) is 6.27. The first-order valence-corrected chi connectivity index (χ1v) is 6.27. The molecule has 0 amide bonds. The Morgan fingerprint density at radius 1 is 1.00 bits per heavy atom. The Balaban J connectivity index is 2.36. The fourth-order valence-electron chi connectivity index (χ4n) is 1.88. The van der Waals surface area contributed by atoms with E-state index in [2.05, 4.69) is 47.0 Å². The van der Waals surface area contributed by atoms with Crippen LogP contribution in [0.4, 0.5) is 5.69 Å². The summed E-state index contributed by atoms with van der Waals surface area (Å²) in [4.78, 5) is 12.9. The molecule has 2 aromatic rings. The highest BCUT2D eigenvalue weighted by atomic mass is 14.9. The molecule has 0 fully saturated rings. The van der Waals surface area contributed by atoms with E-state index in [1.807, 2.05) is 0 Å². The van der Waals surface area contributed by atoms with E-state index in [-0.39, 0.29) is 0 Å². The van der Waals surface area contributed by atoms with Gasteiger partial charge in [0.15, 0.2) is 5.82 Å². The highest BCUT2D eigenvalue weighted by Gasteiger charge is 2.04. The molecule has 0 radical (unpaired) electrons. The first-order chi connectivity index (χ1) is 8.85. The fourth-order valence-corrected chi connectivity index (χ4v) is 1.88. The smallest absolute Gasteiger partial charge is 0.170 e. The number of aliphatic imine (C=N–C) groups is 1. The fraction of sp³-hybridized carbons (Fsp3) is 0.267. The average Bonchev–Trinajstić information content (AvgIpc) is 2.45. The van der Waals surface area contributed by atoms with Crippen LogP contribution in [0, 0.1) is 0 Å². The number of para-hydroxylation sites is 1. The minimum absolute atomic E-state index is 0.644. The molecule has 1 aromatic carbocycles. The standard InChI is InChI=1S/C15H17N3/c1-3-12-7-5-8-13(4-2)15(12)18-11-14-16-9-6-10-17-14/h5-11H,3-4H2,1-2H3. The monoisotopic (exact) mass is 239 g/mol. The summed E-state index contributed by atoms with van der Waals surface area (Å²) in [6.07, 6.45) is 7.14. The van der Waals surface area contributed by atoms with E-state index in [1.54, 1.807) is 24.7 Å². The van der Waals surface area contributed by atoms with Gasteiger partial charge in [-0.25, -0.2) is 9.97 Å².